The van der Waals surface area contributed by atoms with E-state index in [4.69, 9.17) is 5.11 Å². The summed E-state index contributed by atoms with van der Waals surface area (Å²) in [5, 5.41) is 11.9. The Bertz CT molecular complexity index is 457. The number of rotatable bonds is 10. The summed E-state index contributed by atoms with van der Waals surface area (Å²) in [5.74, 6) is -0.868. The van der Waals surface area contributed by atoms with E-state index in [9.17, 15) is 9.59 Å². The van der Waals surface area contributed by atoms with Crippen molar-refractivity contribution in [2.24, 2.45) is 0 Å². The molecular weight excluding hydrogens is 266 g/mol. The Hall–Kier alpha value is -1.84. The van der Waals surface area contributed by atoms with E-state index < -0.39 is 5.97 Å². The van der Waals surface area contributed by atoms with Crippen LogP contribution in [0.5, 0.6) is 0 Å². The number of hydrogen-bond donors (Lipinski definition) is 2. The third-order valence-electron chi connectivity index (χ3n) is 3.47. The highest BCUT2D eigenvalue weighted by Crippen LogP contribution is 2.09. The van der Waals surface area contributed by atoms with Crippen LogP contribution in [0.1, 0.15) is 61.4 Å². The van der Waals surface area contributed by atoms with Crippen LogP contribution in [-0.4, -0.2) is 23.5 Å². The number of carboxylic acid groups (broad SMARTS) is 1. The lowest BCUT2D eigenvalue weighted by atomic mass is 10.0. The van der Waals surface area contributed by atoms with Crippen LogP contribution in [0.15, 0.2) is 24.3 Å². The highest BCUT2D eigenvalue weighted by molar-refractivity contribution is 5.89. The summed E-state index contributed by atoms with van der Waals surface area (Å²) in [4.78, 5) is 22.7. The second-order valence-corrected chi connectivity index (χ2v) is 5.23. The van der Waals surface area contributed by atoms with Crippen LogP contribution in [0.4, 0.5) is 0 Å². The molecule has 116 valence electrons. The van der Waals surface area contributed by atoms with Crippen LogP contribution in [0.3, 0.4) is 0 Å². The van der Waals surface area contributed by atoms with E-state index in [2.05, 4.69) is 12.2 Å². The van der Waals surface area contributed by atoms with Gasteiger partial charge < -0.3 is 10.4 Å². The molecule has 0 atom stereocenters. The summed E-state index contributed by atoms with van der Waals surface area (Å²) in [6.07, 6.45) is 6.76. The molecule has 1 aromatic carbocycles. The van der Waals surface area contributed by atoms with E-state index in [1.807, 2.05) is 6.07 Å². The quantitative estimate of drug-likeness (QED) is 0.649. The molecule has 0 aromatic heterocycles. The molecule has 0 saturated heterocycles. The summed E-state index contributed by atoms with van der Waals surface area (Å²) in [5.41, 5.74) is 1.07. The second kappa shape index (κ2) is 9.97. The number of aromatic carboxylic acids is 1. The molecule has 1 rings (SSSR count). The topological polar surface area (TPSA) is 66.4 Å². The van der Waals surface area contributed by atoms with E-state index in [0.717, 1.165) is 18.4 Å². The van der Waals surface area contributed by atoms with Crippen LogP contribution in [0, 0.1) is 0 Å². The monoisotopic (exact) mass is 291 g/mol. The van der Waals surface area contributed by atoms with Gasteiger partial charge in [0.05, 0.1) is 5.56 Å². The SMILES string of the molecule is CCCCCCCC(=O)NCCc1ccccc1C(=O)O. The fraction of sp³-hybridized carbons (Fsp3) is 0.529. The fourth-order valence-electron chi connectivity index (χ4n) is 2.26. The van der Waals surface area contributed by atoms with Gasteiger partial charge in [-0.3, -0.25) is 4.79 Å². The van der Waals surface area contributed by atoms with Crippen molar-refractivity contribution in [1.29, 1.82) is 0 Å². The van der Waals surface area contributed by atoms with Crippen molar-refractivity contribution in [1.82, 2.24) is 5.32 Å². The second-order valence-electron chi connectivity index (χ2n) is 5.23. The first kappa shape index (κ1) is 17.2. The summed E-state index contributed by atoms with van der Waals surface area (Å²) >= 11 is 0. The minimum atomic E-state index is -0.923. The van der Waals surface area contributed by atoms with E-state index in [1.165, 1.54) is 19.3 Å². The number of nitrogens with one attached hydrogen (secondary N) is 1. The maximum Gasteiger partial charge on any atom is 0.335 e. The maximum absolute atomic E-state index is 11.7. The van der Waals surface area contributed by atoms with Crippen LogP contribution < -0.4 is 5.32 Å². The highest BCUT2D eigenvalue weighted by atomic mass is 16.4. The van der Waals surface area contributed by atoms with Crippen molar-refractivity contribution >= 4 is 11.9 Å². The largest absolute Gasteiger partial charge is 0.478 e. The Balaban J connectivity index is 2.24. The number of carboxylic acids is 1. The zero-order chi connectivity index (χ0) is 15.5. The first-order chi connectivity index (χ1) is 10.1. The van der Waals surface area contributed by atoms with Crippen LogP contribution >= 0.6 is 0 Å². The summed E-state index contributed by atoms with van der Waals surface area (Å²) in [6.45, 7) is 2.65. The lowest BCUT2D eigenvalue weighted by molar-refractivity contribution is -0.121. The van der Waals surface area contributed by atoms with Crippen molar-refractivity contribution in [2.45, 2.75) is 51.9 Å². The Kier molecular flexibility index (Phi) is 8.17. The van der Waals surface area contributed by atoms with E-state index in [1.54, 1.807) is 18.2 Å². The summed E-state index contributed by atoms with van der Waals surface area (Å²) in [7, 11) is 0. The van der Waals surface area contributed by atoms with Gasteiger partial charge in [-0.1, -0.05) is 50.8 Å². The van der Waals surface area contributed by atoms with Gasteiger partial charge in [-0.05, 0) is 24.5 Å². The molecule has 0 radical (unpaired) electrons. The third-order valence-corrected chi connectivity index (χ3v) is 3.47. The maximum atomic E-state index is 11.7. The van der Waals surface area contributed by atoms with Gasteiger partial charge in [0.2, 0.25) is 5.91 Å². The third kappa shape index (κ3) is 6.93. The first-order valence-electron chi connectivity index (χ1n) is 7.73. The molecule has 0 saturated carbocycles. The van der Waals surface area contributed by atoms with Crippen molar-refractivity contribution in [3.8, 4) is 0 Å². The van der Waals surface area contributed by atoms with Gasteiger partial charge in [0, 0.05) is 13.0 Å². The first-order valence-corrected chi connectivity index (χ1v) is 7.73. The Morgan fingerprint density at radius 1 is 1.10 bits per heavy atom. The van der Waals surface area contributed by atoms with Gasteiger partial charge in [-0.25, -0.2) is 4.79 Å². The molecule has 1 amide bonds. The van der Waals surface area contributed by atoms with Crippen LogP contribution in [-0.2, 0) is 11.2 Å². The predicted molar refractivity (Wildman–Crippen MR) is 83.5 cm³/mol. The predicted octanol–water partition coefficient (Wildman–Crippen LogP) is 3.40. The number of benzene rings is 1. The summed E-state index contributed by atoms with van der Waals surface area (Å²) in [6, 6.07) is 6.91. The van der Waals surface area contributed by atoms with Crippen molar-refractivity contribution in [3.05, 3.63) is 35.4 Å². The van der Waals surface area contributed by atoms with E-state index in [-0.39, 0.29) is 5.91 Å². The number of hydrogen-bond acceptors (Lipinski definition) is 2. The van der Waals surface area contributed by atoms with Gasteiger partial charge in [0.25, 0.3) is 0 Å². The van der Waals surface area contributed by atoms with Crippen molar-refractivity contribution in [3.63, 3.8) is 0 Å². The molecule has 0 spiro atoms. The number of unbranched alkanes of at least 4 members (excludes halogenated alkanes) is 4. The molecule has 0 unspecified atom stereocenters. The molecule has 0 bridgehead atoms. The molecule has 0 fully saturated rings. The van der Waals surface area contributed by atoms with E-state index >= 15 is 0 Å². The molecule has 0 aliphatic rings. The van der Waals surface area contributed by atoms with Gasteiger partial charge in [-0.2, -0.15) is 0 Å². The van der Waals surface area contributed by atoms with Gasteiger partial charge in [-0.15, -0.1) is 0 Å². The van der Waals surface area contributed by atoms with Crippen molar-refractivity contribution < 1.29 is 14.7 Å². The molecule has 21 heavy (non-hydrogen) atoms. The Morgan fingerprint density at radius 3 is 2.52 bits per heavy atom. The Morgan fingerprint density at radius 2 is 1.81 bits per heavy atom. The minimum Gasteiger partial charge on any atom is -0.478 e. The molecule has 2 N–H and O–H groups in total. The smallest absolute Gasteiger partial charge is 0.335 e. The minimum absolute atomic E-state index is 0.0549. The standard InChI is InChI=1S/C17H25NO3/c1-2-3-4-5-6-11-16(19)18-13-12-14-9-7-8-10-15(14)17(20)21/h7-10H,2-6,11-13H2,1H3,(H,18,19)(H,20,21). The highest BCUT2D eigenvalue weighted by Gasteiger charge is 2.08. The molecule has 4 nitrogen and oxygen atoms in total. The lowest BCUT2D eigenvalue weighted by Crippen LogP contribution is -2.25. The zero-order valence-electron chi connectivity index (χ0n) is 12.7. The van der Waals surface area contributed by atoms with E-state index in [0.29, 0.717) is 24.9 Å². The van der Waals surface area contributed by atoms with Crippen molar-refractivity contribution in [2.75, 3.05) is 6.54 Å². The number of carbonyl (C=O) groups excluding carboxylic acids is 1. The zero-order valence-corrected chi connectivity index (χ0v) is 12.7. The summed E-state index contributed by atoms with van der Waals surface area (Å²) < 4.78 is 0. The normalized spacial score (nSPS) is 10.3. The van der Waals surface area contributed by atoms with Gasteiger partial charge >= 0.3 is 5.97 Å². The molecule has 4 heteroatoms. The molecule has 1 aromatic rings. The number of amides is 1. The van der Waals surface area contributed by atoms with Crippen LogP contribution in [0.25, 0.3) is 0 Å². The lowest BCUT2D eigenvalue weighted by Gasteiger charge is -2.07. The Labute approximate surface area is 126 Å². The average Bonchev–Trinajstić information content (AvgIpc) is 2.47. The molecule has 0 aliphatic heterocycles. The molecular formula is C17H25NO3. The molecule has 0 aliphatic carbocycles. The average molecular weight is 291 g/mol. The van der Waals surface area contributed by atoms with Gasteiger partial charge in [0.1, 0.15) is 0 Å². The molecule has 0 heterocycles. The fourth-order valence-corrected chi connectivity index (χ4v) is 2.26. The number of carbonyl (C=O) groups is 2. The van der Waals surface area contributed by atoms with Crippen LogP contribution in [0.2, 0.25) is 0 Å². The van der Waals surface area contributed by atoms with Gasteiger partial charge in [0.15, 0.2) is 0 Å².